The number of benzene rings is 1. The first-order chi connectivity index (χ1) is 12.6. The van der Waals surface area contributed by atoms with Crippen LogP contribution in [0.15, 0.2) is 24.3 Å². The summed E-state index contributed by atoms with van der Waals surface area (Å²) >= 11 is 0. The summed E-state index contributed by atoms with van der Waals surface area (Å²) < 4.78 is 5.39. The van der Waals surface area contributed by atoms with E-state index in [-0.39, 0.29) is 36.8 Å². The van der Waals surface area contributed by atoms with E-state index in [9.17, 15) is 4.79 Å². The van der Waals surface area contributed by atoms with E-state index in [0.29, 0.717) is 19.6 Å². The Bertz CT molecular complexity index is 570. The van der Waals surface area contributed by atoms with E-state index < -0.39 is 0 Å². The van der Waals surface area contributed by atoms with Crippen LogP contribution in [0.5, 0.6) is 0 Å². The highest BCUT2D eigenvalue weighted by atomic mass is 35.5. The predicted molar refractivity (Wildman–Crippen MR) is 118 cm³/mol. The fraction of sp³-hybridized carbons (Fsp3) is 0.667. The van der Waals surface area contributed by atoms with Crippen LogP contribution in [0.2, 0.25) is 0 Å². The number of hydrogen-bond donors (Lipinski definition) is 2. The molecule has 28 heavy (non-hydrogen) atoms. The van der Waals surface area contributed by atoms with E-state index in [1.54, 1.807) is 0 Å². The number of carbonyl (C=O) groups excluding carboxylic acids is 1. The highest BCUT2D eigenvalue weighted by Gasteiger charge is 2.21. The van der Waals surface area contributed by atoms with Gasteiger partial charge in [0, 0.05) is 45.2 Å². The summed E-state index contributed by atoms with van der Waals surface area (Å²) in [5.74, 6) is 1.66. The number of nitrogens with zero attached hydrogens (tertiary/aromatic N) is 1. The Morgan fingerprint density at radius 1 is 1.14 bits per heavy atom. The molecule has 3 atom stereocenters. The molecule has 2 fully saturated rings. The number of hydrogen-bond acceptors (Lipinski definition) is 4. The van der Waals surface area contributed by atoms with Crippen molar-refractivity contribution in [1.82, 2.24) is 15.5 Å². The molecule has 2 aliphatic rings. The molecule has 0 aromatic heterocycles. The Balaban J connectivity index is 0.00000196. The molecule has 0 aliphatic carbocycles. The number of amides is 1. The molecular weight excluding hydrogens is 397 g/mol. The van der Waals surface area contributed by atoms with Gasteiger partial charge >= 0.3 is 0 Å². The van der Waals surface area contributed by atoms with Crippen LogP contribution in [-0.4, -0.2) is 49.7 Å². The first kappa shape index (κ1) is 25.2. The molecule has 0 saturated carbocycles. The van der Waals surface area contributed by atoms with Gasteiger partial charge in [0.25, 0.3) is 0 Å². The quantitative estimate of drug-likeness (QED) is 0.726. The summed E-state index contributed by atoms with van der Waals surface area (Å²) in [6.07, 6.45) is 1.82. The fourth-order valence-corrected chi connectivity index (χ4v) is 4.19. The third-order valence-corrected chi connectivity index (χ3v) is 5.29. The number of likely N-dealkylation sites (tertiary alicyclic amines) is 1. The molecule has 3 rings (SSSR count). The van der Waals surface area contributed by atoms with Crippen LogP contribution in [0.1, 0.15) is 37.8 Å². The molecule has 2 aliphatic heterocycles. The van der Waals surface area contributed by atoms with Crippen LogP contribution in [0.25, 0.3) is 0 Å². The molecule has 1 aromatic rings. The van der Waals surface area contributed by atoms with Crippen molar-refractivity contribution in [2.45, 2.75) is 45.8 Å². The number of carbonyl (C=O) groups is 1. The number of halogens is 2. The minimum atomic E-state index is 0. The summed E-state index contributed by atoms with van der Waals surface area (Å²) in [6, 6.07) is 8.80. The first-order valence-electron chi connectivity index (χ1n) is 9.96. The monoisotopic (exact) mass is 431 g/mol. The molecule has 0 spiro atoms. The maximum Gasteiger partial charge on any atom is 0.221 e. The molecule has 7 heteroatoms. The smallest absolute Gasteiger partial charge is 0.221 e. The van der Waals surface area contributed by atoms with Gasteiger partial charge in [-0.2, -0.15) is 0 Å². The van der Waals surface area contributed by atoms with Gasteiger partial charge in [-0.3, -0.25) is 9.69 Å². The second kappa shape index (κ2) is 12.7. The number of ether oxygens (including phenoxy) is 1. The number of nitrogens with one attached hydrogen (secondary N) is 2. The highest BCUT2D eigenvalue weighted by Crippen LogP contribution is 2.22. The number of piperidine rings is 1. The second-order valence-electron chi connectivity index (χ2n) is 8.16. The van der Waals surface area contributed by atoms with Crippen LogP contribution < -0.4 is 10.6 Å². The second-order valence-corrected chi connectivity index (χ2v) is 8.16. The van der Waals surface area contributed by atoms with E-state index in [4.69, 9.17) is 4.74 Å². The van der Waals surface area contributed by atoms with Gasteiger partial charge in [-0.1, -0.05) is 38.1 Å². The maximum atomic E-state index is 12.1. The van der Waals surface area contributed by atoms with Gasteiger partial charge in [0.1, 0.15) is 0 Å². The molecule has 5 nitrogen and oxygen atoms in total. The highest BCUT2D eigenvalue weighted by molar-refractivity contribution is 5.85. The Morgan fingerprint density at radius 2 is 1.79 bits per heavy atom. The summed E-state index contributed by atoms with van der Waals surface area (Å²) in [7, 11) is 0. The molecule has 160 valence electrons. The van der Waals surface area contributed by atoms with E-state index in [1.807, 2.05) is 0 Å². The topological polar surface area (TPSA) is 53.6 Å². The van der Waals surface area contributed by atoms with Gasteiger partial charge in [0.15, 0.2) is 0 Å². The Hall–Kier alpha value is -0.850. The first-order valence-corrected chi connectivity index (χ1v) is 9.96. The average molecular weight is 432 g/mol. The fourth-order valence-electron chi connectivity index (χ4n) is 4.19. The average Bonchev–Trinajstić information content (AvgIpc) is 2.61. The molecule has 2 saturated heterocycles. The Labute approximate surface area is 181 Å². The summed E-state index contributed by atoms with van der Waals surface area (Å²) in [6.45, 7) is 10.9. The lowest BCUT2D eigenvalue weighted by Gasteiger charge is -2.35. The van der Waals surface area contributed by atoms with Crippen molar-refractivity contribution in [3.8, 4) is 0 Å². The third-order valence-electron chi connectivity index (χ3n) is 5.29. The van der Waals surface area contributed by atoms with Crippen molar-refractivity contribution in [2.75, 3.05) is 32.8 Å². The van der Waals surface area contributed by atoms with Crippen molar-refractivity contribution < 1.29 is 9.53 Å². The van der Waals surface area contributed by atoms with Crippen molar-refractivity contribution in [1.29, 1.82) is 0 Å². The standard InChI is InChI=1S/C21H33N3O2.2ClH/c1-16-9-17(2)13-24(12-16)14-19-5-3-18(4-6-19)11-23-21(25)10-20-15-26-8-7-22-20;;/h3-6,16-17,20,22H,7-15H2,1-2H3,(H,23,25);2*1H. The molecule has 3 unspecified atom stereocenters. The van der Waals surface area contributed by atoms with E-state index in [1.165, 1.54) is 25.1 Å². The molecule has 2 N–H and O–H groups in total. The zero-order valence-electron chi connectivity index (χ0n) is 17.0. The van der Waals surface area contributed by atoms with Crippen LogP contribution in [0.4, 0.5) is 0 Å². The van der Waals surface area contributed by atoms with Gasteiger partial charge in [-0.05, 0) is 29.4 Å². The molecule has 0 bridgehead atoms. The van der Waals surface area contributed by atoms with E-state index >= 15 is 0 Å². The lowest BCUT2D eigenvalue weighted by molar-refractivity contribution is -0.122. The molecule has 2 heterocycles. The Morgan fingerprint density at radius 3 is 2.39 bits per heavy atom. The van der Waals surface area contributed by atoms with Crippen LogP contribution in [0.3, 0.4) is 0 Å². The van der Waals surface area contributed by atoms with Gasteiger partial charge in [-0.25, -0.2) is 0 Å². The van der Waals surface area contributed by atoms with Crippen LogP contribution in [-0.2, 0) is 22.6 Å². The van der Waals surface area contributed by atoms with Crippen molar-refractivity contribution in [3.05, 3.63) is 35.4 Å². The minimum absolute atomic E-state index is 0. The molecule has 1 amide bonds. The summed E-state index contributed by atoms with van der Waals surface area (Å²) in [4.78, 5) is 14.6. The van der Waals surface area contributed by atoms with Gasteiger partial charge in [-0.15, -0.1) is 24.8 Å². The van der Waals surface area contributed by atoms with Gasteiger partial charge in [0.05, 0.1) is 13.2 Å². The van der Waals surface area contributed by atoms with Crippen molar-refractivity contribution in [2.24, 2.45) is 11.8 Å². The van der Waals surface area contributed by atoms with Gasteiger partial charge in [0.2, 0.25) is 5.91 Å². The van der Waals surface area contributed by atoms with Crippen molar-refractivity contribution >= 4 is 30.7 Å². The lowest BCUT2D eigenvalue weighted by Crippen LogP contribution is -2.44. The lowest BCUT2D eigenvalue weighted by atomic mass is 9.91. The number of morpholine rings is 1. The zero-order chi connectivity index (χ0) is 18.4. The molecule has 0 radical (unpaired) electrons. The molecular formula is C21H35Cl2N3O2. The van der Waals surface area contributed by atoms with E-state index in [0.717, 1.165) is 37.1 Å². The normalized spacial score (nSPS) is 25.3. The maximum absolute atomic E-state index is 12.1. The summed E-state index contributed by atoms with van der Waals surface area (Å²) in [5.41, 5.74) is 2.50. The zero-order valence-corrected chi connectivity index (χ0v) is 18.6. The largest absolute Gasteiger partial charge is 0.378 e. The molecule has 1 aromatic carbocycles. The minimum Gasteiger partial charge on any atom is -0.378 e. The Kier molecular flexibility index (Phi) is 11.4. The predicted octanol–water partition coefficient (Wildman–Crippen LogP) is 3.00. The van der Waals surface area contributed by atoms with Crippen LogP contribution >= 0.6 is 24.8 Å². The van der Waals surface area contributed by atoms with Crippen molar-refractivity contribution in [3.63, 3.8) is 0 Å². The van der Waals surface area contributed by atoms with Crippen LogP contribution in [0, 0.1) is 11.8 Å². The third kappa shape index (κ3) is 8.26. The van der Waals surface area contributed by atoms with E-state index in [2.05, 4.69) is 53.6 Å². The summed E-state index contributed by atoms with van der Waals surface area (Å²) in [5, 5.41) is 6.32. The SMILES string of the molecule is CC1CC(C)CN(Cc2ccc(CNC(=O)CC3COCCN3)cc2)C1.Cl.Cl. The number of rotatable bonds is 6. The van der Waals surface area contributed by atoms with Gasteiger partial charge < -0.3 is 15.4 Å².